The molecule has 9 heteroatoms. The van der Waals surface area contributed by atoms with Crippen molar-refractivity contribution in [1.82, 2.24) is 14.9 Å². The molecule has 2 aliphatic rings. The number of fused-ring (bicyclic) bond motifs is 4. The molecule has 2 aliphatic heterocycles. The molecule has 0 saturated carbocycles. The molecule has 1 atom stereocenters. The van der Waals surface area contributed by atoms with E-state index in [-0.39, 0.29) is 18.4 Å². The number of hydrogen-bond acceptors (Lipinski definition) is 6. The predicted octanol–water partition coefficient (Wildman–Crippen LogP) is 2.32. The van der Waals surface area contributed by atoms with Crippen LogP contribution in [-0.4, -0.2) is 66.8 Å². The van der Waals surface area contributed by atoms with E-state index in [1.807, 2.05) is 24.3 Å². The number of amides is 2. The number of rotatable bonds is 5. The van der Waals surface area contributed by atoms with Gasteiger partial charge in [-0.2, -0.15) is 5.10 Å². The van der Waals surface area contributed by atoms with Crippen LogP contribution in [-0.2, 0) is 22.6 Å². The maximum Gasteiger partial charge on any atom is 0.266 e. The average molecular weight is 448 g/mol. The Labute approximate surface area is 190 Å². The third-order valence-corrected chi connectivity index (χ3v) is 6.18. The summed E-state index contributed by atoms with van der Waals surface area (Å²) in [4.78, 5) is 31.2. The minimum atomic E-state index is -0.574. The Hall–Kier alpha value is -4.01. The lowest BCUT2D eigenvalue weighted by Gasteiger charge is -2.40. The number of hydrazone groups is 1. The second-order valence-corrected chi connectivity index (χ2v) is 7.97. The van der Waals surface area contributed by atoms with E-state index >= 15 is 0 Å². The molecule has 3 aromatic rings. The first-order valence-corrected chi connectivity index (χ1v) is 10.6. The fourth-order valence-electron chi connectivity index (χ4n) is 4.57. The zero-order chi connectivity index (χ0) is 23.1. The summed E-state index contributed by atoms with van der Waals surface area (Å²) in [5, 5.41) is 6.67. The first kappa shape index (κ1) is 20.9. The molecule has 3 heterocycles. The Balaban J connectivity index is 1.42. The van der Waals surface area contributed by atoms with Crippen LogP contribution in [0.2, 0.25) is 0 Å². The van der Waals surface area contributed by atoms with Crippen LogP contribution >= 0.6 is 0 Å². The van der Waals surface area contributed by atoms with Crippen molar-refractivity contribution in [2.45, 2.75) is 19.0 Å². The van der Waals surface area contributed by atoms with Crippen LogP contribution < -0.4 is 14.2 Å². The number of hydrogen-bond donors (Lipinski definition) is 1. The van der Waals surface area contributed by atoms with Crippen LogP contribution in [0.15, 0.2) is 41.5 Å². The molecule has 1 aromatic heterocycles. The van der Waals surface area contributed by atoms with Crippen LogP contribution in [0.3, 0.4) is 0 Å². The Morgan fingerprint density at radius 3 is 2.45 bits per heavy atom. The first-order chi connectivity index (χ1) is 16.0. The van der Waals surface area contributed by atoms with E-state index < -0.39 is 6.04 Å². The van der Waals surface area contributed by atoms with Crippen molar-refractivity contribution in [3.63, 3.8) is 0 Å². The molecule has 0 bridgehead atoms. The van der Waals surface area contributed by atoms with Gasteiger partial charge in [-0.1, -0.05) is 18.2 Å². The van der Waals surface area contributed by atoms with Crippen LogP contribution in [0.5, 0.6) is 17.2 Å². The fourth-order valence-corrected chi connectivity index (χ4v) is 4.57. The Morgan fingerprint density at radius 1 is 1.03 bits per heavy atom. The average Bonchev–Trinajstić information content (AvgIpc) is 3.21. The Morgan fingerprint density at radius 2 is 1.76 bits per heavy atom. The zero-order valence-corrected chi connectivity index (χ0v) is 18.6. The third-order valence-electron chi connectivity index (χ3n) is 6.18. The molecule has 33 heavy (non-hydrogen) atoms. The van der Waals surface area contributed by atoms with Crippen LogP contribution in [0.25, 0.3) is 10.9 Å². The maximum absolute atomic E-state index is 13.3. The summed E-state index contributed by atoms with van der Waals surface area (Å²) < 4.78 is 16.1. The lowest BCUT2D eigenvalue weighted by molar-refractivity contribution is -0.157. The number of para-hydroxylation sites is 1. The van der Waals surface area contributed by atoms with Gasteiger partial charge in [0.2, 0.25) is 11.7 Å². The summed E-state index contributed by atoms with van der Waals surface area (Å²) in [6.45, 7) is 0.287. The smallest absolute Gasteiger partial charge is 0.266 e. The molecular formula is C24H24N4O5. The maximum atomic E-state index is 13.3. The number of H-pyrrole nitrogens is 1. The van der Waals surface area contributed by atoms with Gasteiger partial charge in [0.05, 0.1) is 34.1 Å². The largest absolute Gasteiger partial charge is 0.493 e. The number of aromatic nitrogens is 1. The first-order valence-electron chi connectivity index (χ1n) is 10.6. The molecule has 170 valence electrons. The number of piperazine rings is 1. The van der Waals surface area contributed by atoms with Crippen molar-refractivity contribution in [2.24, 2.45) is 5.10 Å². The highest BCUT2D eigenvalue weighted by Gasteiger charge is 2.43. The summed E-state index contributed by atoms with van der Waals surface area (Å²) in [7, 11) is 4.59. The van der Waals surface area contributed by atoms with E-state index in [1.54, 1.807) is 17.0 Å². The van der Waals surface area contributed by atoms with Crippen LogP contribution in [0.1, 0.15) is 16.8 Å². The molecule has 1 N–H and O–H groups in total. The highest BCUT2D eigenvalue weighted by Crippen LogP contribution is 2.38. The second kappa shape index (κ2) is 8.16. The normalized spacial score (nSPS) is 18.0. The highest BCUT2D eigenvalue weighted by molar-refractivity contribution is 5.97. The van der Waals surface area contributed by atoms with Gasteiger partial charge in [0.1, 0.15) is 12.6 Å². The second-order valence-electron chi connectivity index (χ2n) is 7.97. The quantitative estimate of drug-likeness (QED) is 0.605. The van der Waals surface area contributed by atoms with E-state index in [4.69, 9.17) is 14.2 Å². The summed E-state index contributed by atoms with van der Waals surface area (Å²) >= 11 is 0. The molecule has 1 saturated heterocycles. The van der Waals surface area contributed by atoms with Crippen molar-refractivity contribution in [1.29, 1.82) is 0 Å². The number of carbonyl (C=O) groups excluding carboxylic acids is 2. The number of carbonyl (C=O) groups is 2. The number of aromatic amines is 1. The number of ether oxygens (including phenoxy) is 3. The van der Waals surface area contributed by atoms with Crippen molar-refractivity contribution in [2.75, 3.05) is 27.9 Å². The predicted molar refractivity (Wildman–Crippen MR) is 122 cm³/mol. The molecule has 1 fully saturated rings. The van der Waals surface area contributed by atoms with Gasteiger partial charge >= 0.3 is 0 Å². The van der Waals surface area contributed by atoms with Gasteiger partial charge in [-0.05, 0) is 23.8 Å². The lowest BCUT2D eigenvalue weighted by atomic mass is 9.94. The summed E-state index contributed by atoms with van der Waals surface area (Å²) in [6, 6.07) is 10.9. The fraction of sp³-hybridized carbons (Fsp3) is 0.292. The molecule has 0 unspecified atom stereocenters. The van der Waals surface area contributed by atoms with E-state index in [2.05, 4.69) is 10.1 Å². The summed E-state index contributed by atoms with van der Waals surface area (Å²) in [5.74, 6) is 1.09. The molecular weight excluding hydrogens is 424 g/mol. The van der Waals surface area contributed by atoms with Gasteiger partial charge in [-0.25, -0.2) is 5.01 Å². The van der Waals surface area contributed by atoms with E-state index in [1.165, 1.54) is 32.6 Å². The number of nitrogens with zero attached hydrogens (tertiary/aromatic N) is 3. The number of benzene rings is 2. The standard InChI is InChI=1S/C24H24N4O5/c1-31-20-8-14(9-21(32-2)23(20)33-3)11-25-28-13-22(29)27-12-18-16(10-19(27)24(28)30)15-6-4-5-7-17(15)26-18/h4-9,11,19,26H,10,12-13H2,1-3H3/b25-11+/t19-/m0/s1. The van der Waals surface area contributed by atoms with Crippen LogP contribution in [0.4, 0.5) is 0 Å². The highest BCUT2D eigenvalue weighted by atomic mass is 16.5. The lowest BCUT2D eigenvalue weighted by Crippen LogP contribution is -2.60. The molecule has 5 rings (SSSR count). The molecule has 9 nitrogen and oxygen atoms in total. The molecule has 0 aliphatic carbocycles. The van der Waals surface area contributed by atoms with Crippen molar-refractivity contribution >= 4 is 28.9 Å². The zero-order valence-electron chi connectivity index (χ0n) is 18.6. The van der Waals surface area contributed by atoms with Gasteiger partial charge in [-0.3, -0.25) is 9.59 Å². The van der Waals surface area contributed by atoms with E-state index in [9.17, 15) is 9.59 Å². The number of nitrogens with one attached hydrogen (secondary N) is 1. The Kier molecular flexibility index (Phi) is 5.16. The van der Waals surface area contributed by atoms with Crippen molar-refractivity contribution in [3.8, 4) is 17.2 Å². The SMILES string of the molecule is COc1cc(/C=N/N2CC(=O)N3Cc4[nH]c5ccccc5c4C[C@H]3C2=O)cc(OC)c1OC. The van der Waals surface area contributed by atoms with E-state index in [0.717, 1.165) is 22.2 Å². The van der Waals surface area contributed by atoms with Gasteiger partial charge < -0.3 is 24.1 Å². The van der Waals surface area contributed by atoms with Gasteiger partial charge in [0.25, 0.3) is 5.91 Å². The topological polar surface area (TPSA) is 96.5 Å². The molecule has 0 spiro atoms. The number of methoxy groups -OCH3 is 3. The molecule has 2 amide bonds. The van der Waals surface area contributed by atoms with Gasteiger partial charge in [0, 0.05) is 28.6 Å². The minimum Gasteiger partial charge on any atom is -0.493 e. The molecule has 2 aromatic carbocycles. The minimum absolute atomic E-state index is 0.105. The van der Waals surface area contributed by atoms with E-state index in [0.29, 0.717) is 35.8 Å². The van der Waals surface area contributed by atoms with Gasteiger partial charge in [0.15, 0.2) is 11.5 Å². The van der Waals surface area contributed by atoms with Crippen molar-refractivity contribution in [3.05, 3.63) is 53.2 Å². The summed E-state index contributed by atoms with van der Waals surface area (Å²) in [6.07, 6.45) is 1.98. The summed E-state index contributed by atoms with van der Waals surface area (Å²) in [5.41, 5.74) is 3.74. The Bertz CT molecular complexity index is 1260. The van der Waals surface area contributed by atoms with Gasteiger partial charge in [-0.15, -0.1) is 0 Å². The monoisotopic (exact) mass is 448 g/mol. The third kappa shape index (κ3) is 3.45. The molecule has 0 radical (unpaired) electrons. The van der Waals surface area contributed by atoms with Crippen molar-refractivity contribution < 1.29 is 23.8 Å². The van der Waals surface area contributed by atoms with Crippen LogP contribution in [0, 0.1) is 0 Å².